The van der Waals surface area contributed by atoms with Crippen LogP contribution in [-0.4, -0.2) is 38.4 Å². The first-order valence-corrected chi connectivity index (χ1v) is 9.17. The number of nitrogens with zero attached hydrogens (tertiary/aromatic N) is 1. The van der Waals surface area contributed by atoms with Gasteiger partial charge in [-0.15, -0.1) is 0 Å². The summed E-state index contributed by atoms with van der Waals surface area (Å²) in [7, 11) is -2.43. The van der Waals surface area contributed by atoms with Gasteiger partial charge in [0.25, 0.3) is 0 Å². The lowest BCUT2D eigenvalue weighted by molar-refractivity contribution is -0.386. The summed E-state index contributed by atoms with van der Waals surface area (Å²) in [5, 5.41) is 13.8. The van der Waals surface area contributed by atoms with Gasteiger partial charge in [-0.1, -0.05) is 6.07 Å². The van der Waals surface area contributed by atoms with Crippen LogP contribution in [0, 0.1) is 10.1 Å². The largest absolute Gasteiger partial charge is 0.383 e. The molecule has 0 aromatic heterocycles. The number of thioether (sulfide) groups is 1. The number of hydrogen-bond acceptors (Lipinski definition) is 6. The molecule has 1 aromatic rings. The molecular formula is C12H19N3O4S2. The third kappa shape index (κ3) is 4.58. The number of anilines is 1. The molecular weight excluding hydrogens is 314 g/mol. The Morgan fingerprint density at radius 2 is 2.10 bits per heavy atom. The lowest BCUT2D eigenvalue weighted by Gasteiger charge is -2.14. The highest BCUT2D eigenvalue weighted by Gasteiger charge is 2.29. The second-order valence-electron chi connectivity index (χ2n) is 4.46. The predicted molar refractivity (Wildman–Crippen MR) is 85.4 cm³/mol. The van der Waals surface area contributed by atoms with Gasteiger partial charge in [0.15, 0.2) is 4.90 Å². The molecule has 0 aliphatic rings. The molecule has 1 unspecified atom stereocenters. The third-order valence-corrected chi connectivity index (χ3v) is 5.12. The Kier molecular flexibility index (Phi) is 6.43. The van der Waals surface area contributed by atoms with Crippen LogP contribution in [0.25, 0.3) is 0 Å². The minimum absolute atomic E-state index is 0.166. The fraction of sp³-hybridized carbons (Fsp3) is 0.500. The Labute approximate surface area is 128 Å². The molecule has 0 bridgehead atoms. The molecule has 0 saturated heterocycles. The summed E-state index contributed by atoms with van der Waals surface area (Å²) in [6, 6.07) is 3.89. The first-order chi connectivity index (χ1) is 9.83. The zero-order valence-corrected chi connectivity index (χ0v) is 13.8. The minimum atomic E-state index is -3.94. The van der Waals surface area contributed by atoms with Crippen molar-refractivity contribution in [2.45, 2.75) is 24.3 Å². The first-order valence-electron chi connectivity index (χ1n) is 6.30. The average Bonchev–Trinajstić information content (AvgIpc) is 2.43. The number of sulfonamides is 1. The quantitative estimate of drug-likeness (QED) is 0.558. The molecule has 0 radical (unpaired) electrons. The van der Waals surface area contributed by atoms with Crippen molar-refractivity contribution < 1.29 is 13.3 Å². The van der Waals surface area contributed by atoms with Crippen LogP contribution in [0.1, 0.15) is 13.3 Å². The maximum Gasteiger partial charge on any atom is 0.312 e. The van der Waals surface area contributed by atoms with Gasteiger partial charge in [0.2, 0.25) is 10.0 Å². The van der Waals surface area contributed by atoms with Crippen molar-refractivity contribution in [2.75, 3.05) is 24.4 Å². The predicted octanol–water partition coefficient (Wildman–Crippen LogP) is 2.06. The van der Waals surface area contributed by atoms with E-state index in [9.17, 15) is 18.5 Å². The van der Waals surface area contributed by atoms with Crippen LogP contribution in [0.2, 0.25) is 0 Å². The van der Waals surface area contributed by atoms with E-state index in [1.807, 2.05) is 6.26 Å². The van der Waals surface area contributed by atoms with Crippen LogP contribution < -0.4 is 10.0 Å². The van der Waals surface area contributed by atoms with Crippen LogP contribution in [0.5, 0.6) is 0 Å². The zero-order chi connectivity index (χ0) is 16.0. The van der Waals surface area contributed by atoms with E-state index in [4.69, 9.17) is 0 Å². The van der Waals surface area contributed by atoms with E-state index >= 15 is 0 Å². The summed E-state index contributed by atoms with van der Waals surface area (Å²) in [5.74, 6) is 0.808. The summed E-state index contributed by atoms with van der Waals surface area (Å²) >= 11 is 1.61. The fourth-order valence-corrected chi connectivity index (χ4v) is 3.87. The number of nitro benzene ring substituents is 1. The average molecular weight is 333 g/mol. The van der Waals surface area contributed by atoms with Crippen molar-refractivity contribution in [3.05, 3.63) is 28.3 Å². The summed E-state index contributed by atoms with van der Waals surface area (Å²) in [6.07, 6.45) is 2.59. The molecule has 21 heavy (non-hydrogen) atoms. The minimum Gasteiger partial charge on any atom is -0.383 e. The summed E-state index contributed by atoms with van der Waals surface area (Å²) in [4.78, 5) is 10.2. The lowest BCUT2D eigenvalue weighted by atomic mass is 10.3. The van der Waals surface area contributed by atoms with Gasteiger partial charge >= 0.3 is 5.69 Å². The van der Waals surface area contributed by atoms with Crippen LogP contribution in [0.3, 0.4) is 0 Å². The number of rotatable bonds is 8. The highest BCUT2D eigenvalue weighted by molar-refractivity contribution is 7.98. The Balaban J connectivity index is 3.17. The summed E-state index contributed by atoms with van der Waals surface area (Å²) in [5.41, 5.74) is -0.274. The molecule has 2 N–H and O–H groups in total. The molecule has 0 heterocycles. The normalized spacial score (nSPS) is 12.9. The summed E-state index contributed by atoms with van der Waals surface area (Å²) < 4.78 is 27.2. The topological polar surface area (TPSA) is 101 Å². The smallest absolute Gasteiger partial charge is 0.312 e. The Morgan fingerprint density at radius 1 is 1.43 bits per heavy atom. The number of para-hydroxylation sites is 1. The van der Waals surface area contributed by atoms with Gasteiger partial charge in [-0.2, -0.15) is 11.8 Å². The second kappa shape index (κ2) is 7.62. The van der Waals surface area contributed by atoms with E-state index in [-0.39, 0.29) is 16.6 Å². The molecule has 1 rings (SSSR count). The molecule has 7 nitrogen and oxygen atoms in total. The Hall–Kier alpha value is -1.32. The highest BCUT2D eigenvalue weighted by atomic mass is 32.2. The van der Waals surface area contributed by atoms with Crippen molar-refractivity contribution in [2.24, 2.45) is 0 Å². The fourth-order valence-electron chi connectivity index (χ4n) is 1.81. The van der Waals surface area contributed by atoms with E-state index in [1.165, 1.54) is 25.2 Å². The second-order valence-corrected chi connectivity index (χ2v) is 7.13. The van der Waals surface area contributed by atoms with E-state index in [2.05, 4.69) is 10.0 Å². The van der Waals surface area contributed by atoms with E-state index in [1.54, 1.807) is 18.7 Å². The van der Waals surface area contributed by atoms with Crippen molar-refractivity contribution in [1.82, 2.24) is 4.72 Å². The maximum absolute atomic E-state index is 12.3. The van der Waals surface area contributed by atoms with Gasteiger partial charge in [0.1, 0.15) is 5.69 Å². The van der Waals surface area contributed by atoms with Crippen molar-refractivity contribution in [1.29, 1.82) is 0 Å². The van der Waals surface area contributed by atoms with E-state index < -0.39 is 20.6 Å². The first kappa shape index (κ1) is 17.7. The maximum atomic E-state index is 12.3. The highest BCUT2D eigenvalue weighted by Crippen LogP contribution is 2.31. The van der Waals surface area contributed by atoms with E-state index in [0.717, 1.165) is 5.75 Å². The van der Waals surface area contributed by atoms with Crippen LogP contribution in [-0.2, 0) is 10.0 Å². The molecule has 0 spiro atoms. The molecule has 0 saturated carbocycles. The van der Waals surface area contributed by atoms with Crippen LogP contribution in [0.15, 0.2) is 23.1 Å². The number of nitro groups is 1. The molecule has 0 aliphatic heterocycles. The van der Waals surface area contributed by atoms with Crippen LogP contribution >= 0.6 is 11.8 Å². The SMILES string of the molecule is CNc1cccc(S(=O)(=O)NC(C)CCSC)c1[N+](=O)[O-]. The van der Waals surface area contributed by atoms with Crippen LogP contribution in [0.4, 0.5) is 11.4 Å². The van der Waals surface area contributed by atoms with Crippen molar-refractivity contribution in [3.63, 3.8) is 0 Å². The molecule has 0 amide bonds. The number of hydrogen-bond donors (Lipinski definition) is 2. The zero-order valence-electron chi connectivity index (χ0n) is 12.1. The van der Waals surface area contributed by atoms with Gasteiger partial charge < -0.3 is 5.32 Å². The number of nitrogens with one attached hydrogen (secondary N) is 2. The molecule has 9 heteroatoms. The van der Waals surface area contributed by atoms with E-state index in [0.29, 0.717) is 6.42 Å². The van der Waals surface area contributed by atoms with Gasteiger partial charge in [0.05, 0.1) is 4.92 Å². The van der Waals surface area contributed by atoms with Crippen molar-refractivity contribution >= 4 is 33.2 Å². The molecule has 118 valence electrons. The van der Waals surface area contributed by atoms with Gasteiger partial charge in [-0.05, 0) is 37.5 Å². The monoisotopic (exact) mass is 333 g/mol. The molecule has 0 aliphatic carbocycles. The standard InChI is InChI=1S/C12H19N3O4S2/c1-9(7-8-20-3)14-21(18,19)11-6-4-5-10(13-2)12(11)15(16)17/h4-6,9,13-14H,7-8H2,1-3H3. The van der Waals surface area contributed by atoms with Gasteiger partial charge in [0, 0.05) is 13.1 Å². The Morgan fingerprint density at radius 3 is 2.62 bits per heavy atom. The van der Waals surface area contributed by atoms with Gasteiger partial charge in [-0.25, -0.2) is 13.1 Å². The summed E-state index contributed by atoms with van der Waals surface area (Å²) in [6.45, 7) is 1.74. The van der Waals surface area contributed by atoms with Crippen molar-refractivity contribution in [3.8, 4) is 0 Å². The lowest BCUT2D eigenvalue weighted by Crippen LogP contribution is -2.33. The Bertz CT molecular complexity index is 605. The molecule has 1 atom stereocenters. The molecule has 0 fully saturated rings. The number of benzene rings is 1. The third-order valence-electron chi connectivity index (χ3n) is 2.85. The van der Waals surface area contributed by atoms with Gasteiger partial charge in [-0.3, -0.25) is 10.1 Å². The molecule has 1 aromatic carbocycles.